The van der Waals surface area contributed by atoms with Gasteiger partial charge in [0.25, 0.3) is 0 Å². The van der Waals surface area contributed by atoms with E-state index in [1.54, 1.807) is 0 Å². The second-order valence-electron chi connectivity index (χ2n) is 4.17. The van der Waals surface area contributed by atoms with Crippen molar-refractivity contribution in [3.05, 3.63) is 18.0 Å². The molecule has 1 aliphatic rings. The molecule has 2 N–H and O–H groups in total. The van der Waals surface area contributed by atoms with Gasteiger partial charge in [-0.2, -0.15) is 5.10 Å². The van der Waals surface area contributed by atoms with Gasteiger partial charge in [0.05, 0.1) is 17.9 Å². The molecule has 2 rings (SSSR count). The number of carboxylic acids is 1. The van der Waals surface area contributed by atoms with Gasteiger partial charge < -0.3 is 15.2 Å². The molecule has 1 aliphatic heterocycles. The van der Waals surface area contributed by atoms with E-state index in [-0.39, 0.29) is 24.1 Å². The number of hydrogen-bond acceptors (Lipinski definition) is 4. The molecule has 1 aromatic heterocycles. The zero-order valence-electron chi connectivity index (χ0n) is 9.83. The lowest BCUT2D eigenvalue weighted by Gasteiger charge is -2.10. The molecule has 1 saturated heterocycles. The summed E-state index contributed by atoms with van der Waals surface area (Å²) in [6.07, 6.45) is 4.64. The number of amides is 1. The van der Waals surface area contributed by atoms with Crippen LogP contribution in [0.4, 0.5) is 0 Å². The maximum Gasteiger partial charge on any atom is 0.338 e. The van der Waals surface area contributed by atoms with E-state index in [1.165, 1.54) is 17.1 Å². The molecule has 7 heteroatoms. The predicted molar refractivity (Wildman–Crippen MR) is 61.2 cm³/mol. The molecular formula is C11H15N3O4. The van der Waals surface area contributed by atoms with Gasteiger partial charge in [-0.3, -0.25) is 9.48 Å². The number of aromatic nitrogens is 2. The quantitative estimate of drug-likeness (QED) is 0.762. The van der Waals surface area contributed by atoms with Gasteiger partial charge >= 0.3 is 5.97 Å². The van der Waals surface area contributed by atoms with Crippen LogP contribution in [0, 0.1) is 0 Å². The third-order valence-electron chi connectivity index (χ3n) is 2.74. The molecule has 1 aromatic rings. The van der Waals surface area contributed by atoms with E-state index in [0.717, 1.165) is 19.4 Å². The molecule has 0 bridgehead atoms. The van der Waals surface area contributed by atoms with E-state index in [1.807, 2.05) is 0 Å². The summed E-state index contributed by atoms with van der Waals surface area (Å²) in [5.74, 6) is -1.26. The highest BCUT2D eigenvalue weighted by Gasteiger charge is 2.16. The van der Waals surface area contributed by atoms with E-state index >= 15 is 0 Å². The van der Waals surface area contributed by atoms with Gasteiger partial charge in [-0.15, -0.1) is 0 Å². The first-order valence-electron chi connectivity index (χ1n) is 5.79. The van der Waals surface area contributed by atoms with Gasteiger partial charge in [-0.1, -0.05) is 0 Å². The van der Waals surface area contributed by atoms with Crippen LogP contribution in [-0.2, 0) is 16.1 Å². The van der Waals surface area contributed by atoms with Crippen LogP contribution in [-0.4, -0.2) is 46.0 Å². The Labute approximate surface area is 104 Å². The highest BCUT2D eigenvalue weighted by molar-refractivity contribution is 5.87. The molecule has 1 amide bonds. The third-order valence-corrected chi connectivity index (χ3v) is 2.74. The van der Waals surface area contributed by atoms with Crippen molar-refractivity contribution in [1.82, 2.24) is 15.1 Å². The Bertz CT molecular complexity index is 437. The highest BCUT2D eigenvalue weighted by atomic mass is 16.5. The summed E-state index contributed by atoms with van der Waals surface area (Å²) < 4.78 is 6.67. The standard InChI is InChI=1S/C11H15N3O4/c15-10(12-5-9-2-1-3-18-9)7-14-6-8(4-13-14)11(16)17/h4,6,9H,1-3,5,7H2,(H,12,15)(H,16,17). The maximum absolute atomic E-state index is 11.6. The molecule has 1 fully saturated rings. The number of hydrogen-bond donors (Lipinski definition) is 2. The number of nitrogens with one attached hydrogen (secondary N) is 1. The van der Waals surface area contributed by atoms with Crippen molar-refractivity contribution in [2.75, 3.05) is 13.2 Å². The van der Waals surface area contributed by atoms with E-state index in [4.69, 9.17) is 9.84 Å². The van der Waals surface area contributed by atoms with Crippen molar-refractivity contribution in [2.24, 2.45) is 0 Å². The average Bonchev–Trinajstić information content (AvgIpc) is 2.96. The van der Waals surface area contributed by atoms with E-state index in [9.17, 15) is 9.59 Å². The van der Waals surface area contributed by atoms with E-state index in [0.29, 0.717) is 6.54 Å². The lowest BCUT2D eigenvalue weighted by atomic mass is 10.2. The number of ether oxygens (including phenoxy) is 1. The number of nitrogens with zero attached hydrogens (tertiary/aromatic N) is 2. The Kier molecular flexibility index (Phi) is 3.93. The second kappa shape index (κ2) is 5.63. The van der Waals surface area contributed by atoms with Gasteiger partial charge in [-0.05, 0) is 12.8 Å². The monoisotopic (exact) mass is 253 g/mol. The third kappa shape index (κ3) is 3.30. The number of carbonyl (C=O) groups excluding carboxylic acids is 1. The first-order chi connectivity index (χ1) is 8.65. The number of rotatable bonds is 5. The summed E-state index contributed by atoms with van der Waals surface area (Å²) in [6, 6.07) is 0. The Morgan fingerprint density at radius 3 is 3.06 bits per heavy atom. The van der Waals surface area contributed by atoms with E-state index in [2.05, 4.69) is 10.4 Å². The number of aromatic carboxylic acids is 1. The van der Waals surface area contributed by atoms with Gasteiger partial charge in [-0.25, -0.2) is 4.79 Å². The highest BCUT2D eigenvalue weighted by Crippen LogP contribution is 2.10. The summed E-state index contributed by atoms with van der Waals surface area (Å²) in [5.41, 5.74) is 0.0712. The Morgan fingerprint density at radius 2 is 2.44 bits per heavy atom. The van der Waals surface area contributed by atoms with Crippen molar-refractivity contribution < 1.29 is 19.4 Å². The molecule has 0 saturated carbocycles. The molecule has 1 unspecified atom stereocenters. The van der Waals surface area contributed by atoms with Crippen LogP contribution in [0.1, 0.15) is 23.2 Å². The van der Waals surface area contributed by atoms with Crippen LogP contribution < -0.4 is 5.32 Å². The number of carboxylic acid groups (broad SMARTS) is 1. The van der Waals surface area contributed by atoms with Crippen LogP contribution >= 0.6 is 0 Å². The maximum atomic E-state index is 11.6. The summed E-state index contributed by atoms with van der Waals surface area (Å²) in [7, 11) is 0. The zero-order valence-corrected chi connectivity index (χ0v) is 9.83. The summed E-state index contributed by atoms with van der Waals surface area (Å²) in [4.78, 5) is 22.2. The summed E-state index contributed by atoms with van der Waals surface area (Å²) >= 11 is 0. The largest absolute Gasteiger partial charge is 0.478 e. The molecule has 7 nitrogen and oxygen atoms in total. The molecule has 2 heterocycles. The Morgan fingerprint density at radius 1 is 1.61 bits per heavy atom. The first kappa shape index (κ1) is 12.6. The lowest BCUT2D eigenvalue weighted by Crippen LogP contribution is -2.34. The molecule has 98 valence electrons. The minimum absolute atomic E-state index is 0.0139. The first-order valence-corrected chi connectivity index (χ1v) is 5.79. The fraction of sp³-hybridized carbons (Fsp3) is 0.545. The van der Waals surface area contributed by atoms with Crippen LogP contribution in [0.25, 0.3) is 0 Å². The topological polar surface area (TPSA) is 93.5 Å². The molecule has 0 spiro atoms. The average molecular weight is 253 g/mol. The van der Waals surface area contributed by atoms with Crippen LogP contribution in [0.3, 0.4) is 0 Å². The Balaban J connectivity index is 1.77. The van der Waals surface area contributed by atoms with Crippen LogP contribution in [0.5, 0.6) is 0 Å². The second-order valence-corrected chi connectivity index (χ2v) is 4.17. The molecule has 0 radical (unpaired) electrons. The lowest BCUT2D eigenvalue weighted by molar-refractivity contribution is -0.122. The van der Waals surface area contributed by atoms with Crippen LogP contribution in [0.15, 0.2) is 12.4 Å². The van der Waals surface area contributed by atoms with Crippen molar-refractivity contribution in [2.45, 2.75) is 25.5 Å². The molecular weight excluding hydrogens is 238 g/mol. The minimum atomic E-state index is -1.05. The predicted octanol–water partition coefficient (Wildman–Crippen LogP) is -0.123. The number of carbonyl (C=O) groups is 2. The molecule has 1 atom stereocenters. The van der Waals surface area contributed by atoms with Crippen molar-refractivity contribution >= 4 is 11.9 Å². The fourth-order valence-electron chi connectivity index (χ4n) is 1.80. The van der Waals surface area contributed by atoms with Gasteiger partial charge in [0, 0.05) is 19.3 Å². The van der Waals surface area contributed by atoms with Crippen LogP contribution in [0.2, 0.25) is 0 Å². The Hall–Kier alpha value is -1.89. The summed E-state index contributed by atoms with van der Waals surface area (Å²) in [6.45, 7) is 1.26. The zero-order chi connectivity index (χ0) is 13.0. The van der Waals surface area contributed by atoms with Crippen molar-refractivity contribution in [3.63, 3.8) is 0 Å². The van der Waals surface area contributed by atoms with Crippen molar-refractivity contribution in [3.8, 4) is 0 Å². The fourth-order valence-corrected chi connectivity index (χ4v) is 1.80. The molecule has 0 aromatic carbocycles. The smallest absolute Gasteiger partial charge is 0.338 e. The normalized spacial score (nSPS) is 18.8. The van der Waals surface area contributed by atoms with Gasteiger partial charge in [0.15, 0.2) is 0 Å². The van der Waals surface area contributed by atoms with Crippen molar-refractivity contribution in [1.29, 1.82) is 0 Å². The SMILES string of the molecule is O=C(Cn1cc(C(=O)O)cn1)NCC1CCCO1. The minimum Gasteiger partial charge on any atom is -0.478 e. The molecule has 0 aliphatic carbocycles. The van der Waals surface area contributed by atoms with E-state index < -0.39 is 5.97 Å². The van der Waals surface area contributed by atoms with Gasteiger partial charge in [0.1, 0.15) is 6.54 Å². The van der Waals surface area contributed by atoms with Gasteiger partial charge in [0.2, 0.25) is 5.91 Å². The molecule has 18 heavy (non-hydrogen) atoms. The summed E-state index contributed by atoms with van der Waals surface area (Å²) in [5, 5.41) is 15.2.